The molecule has 1 unspecified atom stereocenters. The van der Waals surface area contributed by atoms with Gasteiger partial charge in [-0.15, -0.1) is 0 Å². The number of pyridine rings is 2. The van der Waals surface area contributed by atoms with Crippen LogP contribution in [0.2, 0.25) is 5.02 Å². The van der Waals surface area contributed by atoms with E-state index >= 15 is 4.39 Å². The first kappa shape index (κ1) is 30.1. The van der Waals surface area contributed by atoms with Gasteiger partial charge in [0.1, 0.15) is 11.6 Å². The molecule has 1 aliphatic rings. The smallest absolute Gasteiger partial charge is 0.262 e. The van der Waals surface area contributed by atoms with E-state index in [-0.39, 0.29) is 40.1 Å². The maximum Gasteiger partial charge on any atom is 0.262 e. The molecule has 1 aliphatic carbocycles. The first-order valence-corrected chi connectivity index (χ1v) is 13.2. The van der Waals surface area contributed by atoms with Crippen LogP contribution in [0.4, 0.5) is 28.9 Å². The minimum Gasteiger partial charge on any atom is -0.396 e. The van der Waals surface area contributed by atoms with E-state index in [0.717, 1.165) is 6.07 Å². The summed E-state index contributed by atoms with van der Waals surface area (Å²) < 4.78 is 56.9. The quantitative estimate of drug-likeness (QED) is 0.0753. The lowest BCUT2D eigenvalue weighted by atomic mass is 9.96. The summed E-state index contributed by atoms with van der Waals surface area (Å²) in [5.41, 5.74) is 5.77. The average Bonchev–Trinajstić information content (AvgIpc) is 3.71. The van der Waals surface area contributed by atoms with Gasteiger partial charge in [-0.2, -0.15) is 14.0 Å². The minimum absolute atomic E-state index is 0.00402. The van der Waals surface area contributed by atoms with Gasteiger partial charge in [0.2, 0.25) is 11.9 Å². The molecule has 1 fully saturated rings. The Kier molecular flexibility index (Phi) is 8.25. The number of anilines is 2. The van der Waals surface area contributed by atoms with Crippen LogP contribution in [0.3, 0.4) is 0 Å². The van der Waals surface area contributed by atoms with Gasteiger partial charge in [0, 0.05) is 35.1 Å². The van der Waals surface area contributed by atoms with Crippen LogP contribution in [0.25, 0.3) is 10.9 Å². The van der Waals surface area contributed by atoms with E-state index < -0.39 is 35.6 Å². The molecule has 0 spiro atoms. The first-order chi connectivity index (χ1) is 19.2. The Hall–Kier alpha value is -3.82. The summed E-state index contributed by atoms with van der Waals surface area (Å²) in [4.78, 5) is 8.14. The molecule has 0 aliphatic heterocycles. The van der Waals surface area contributed by atoms with Gasteiger partial charge in [-0.1, -0.05) is 38.4 Å². The van der Waals surface area contributed by atoms with Crippen molar-refractivity contribution in [2.24, 2.45) is 17.0 Å². The number of aryl methyl sites for hydroxylation is 1. The summed E-state index contributed by atoms with van der Waals surface area (Å²) in [6.07, 6.45) is -1.48. The van der Waals surface area contributed by atoms with Gasteiger partial charge in [-0.3, -0.25) is 9.99 Å². The average molecular weight is 591 g/mol. The maximum absolute atomic E-state index is 15.6. The number of rotatable bonds is 9. The Morgan fingerprint density at radius 2 is 1.95 bits per heavy atom. The summed E-state index contributed by atoms with van der Waals surface area (Å²) in [5.74, 6) is 3.80. The maximum atomic E-state index is 15.6. The Morgan fingerprint density at radius 3 is 2.51 bits per heavy atom. The molecule has 6 N–H and O–H groups in total. The number of nitrogens with two attached hydrogens (primary N) is 2. The second-order valence-corrected chi connectivity index (χ2v) is 11.7. The van der Waals surface area contributed by atoms with E-state index in [1.165, 1.54) is 25.3 Å². The number of nitriles is 1. The second kappa shape index (κ2) is 11.2. The zero-order chi connectivity index (χ0) is 30.3. The van der Waals surface area contributed by atoms with Crippen molar-refractivity contribution in [1.82, 2.24) is 15.0 Å². The number of aromatic nitrogens is 2. The summed E-state index contributed by atoms with van der Waals surface area (Å²) in [5, 5.41) is 17.2. The van der Waals surface area contributed by atoms with Crippen molar-refractivity contribution in [3.8, 4) is 6.07 Å². The Balaban J connectivity index is 1.84. The molecule has 0 bridgehead atoms. The number of alkyl halides is 2. The topological polar surface area (TPSA) is 129 Å². The van der Waals surface area contributed by atoms with Gasteiger partial charge in [-0.25, -0.2) is 19.6 Å². The molecular weight excluding hydrogens is 560 g/mol. The second-order valence-electron chi connectivity index (χ2n) is 11.3. The Bertz CT molecular complexity index is 1540. The molecule has 1 saturated carbocycles. The molecule has 8 nitrogen and oxygen atoms in total. The lowest BCUT2D eigenvalue weighted by Gasteiger charge is -2.30. The molecule has 4 rings (SSSR count). The number of halogens is 5. The highest BCUT2D eigenvalue weighted by molar-refractivity contribution is 6.35. The van der Waals surface area contributed by atoms with Crippen molar-refractivity contribution < 1.29 is 17.6 Å². The molecule has 1 aromatic carbocycles. The van der Waals surface area contributed by atoms with Crippen molar-refractivity contribution >= 4 is 33.9 Å². The Labute approximate surface area is 240 Å². The van der Waals surface area contributed by atoms with Crippen molar-refractivity contribution in [1.29, 1.82) is 5.26 Å². The molecule has 0 radical (unpaired) electrons. The Morgan fingerprint density at radius 1 is 1.27 bits per heavy atom. The van der Waals surface area contributed by atoms with Gasteiger partial charge < -0.3 is 16.4 Å². The monoisotopic (exact) mass is 590 g/mol. The number of nitrogens with zero attached hydrogens (tertiary/aromatic N) is 4. The summed E-state index contributed by atoms with van der Waals surface area (Å²) in [6.45, 7) is 8.12. The van der Waals surface area contributed by atoms with Crippen LogP contribution in [-0.2, 0) is 0 Å². The molecule has 1 atom stereocenters. The highest BCUT2D eigenvalue weighted by atomic mass is 35.5. The number of nitrogens with one attached hydrogen (secondary N) is 2. The van der Waals surface area contributed by atoms with Gasteiger partial charge in [0.15, 0.2) is 0 Å². The lowest BCUT2D eigenvalue weighted by molar-refractivity contribution is 0.0116. The fraction of sp³-hybridized carbons (Fsp3) is 0.393. The summed E-state index contributed by atoms with van der Waals surface area (Å²) >= 11 is 6.59. The van der Waals surface area contributed by atoms with Gasteiger partial charge >= 0.3 is 0 Å². The normalized spacial score (nSPS) is 15.8. The molecule has 13 heteroatoms. The molecule has 0 saturated heterocycles. The predicted octanol–water partition coefficient (Wildman–Crippen LogP) is 6.28. The molecule has 2 aromatic heterocycles. The number of hydrogen-bond acceptors (Lipinski definition) is 8. The first-order valence-electron chi connectivity index (χ1n) is 12.8. The third-order valence-electron chi connectivity index (χ3n) is 6.96. The van der Waals surface area contributed by atoms with E-state index in [2.05, 4.69) is 26.7 Å². The van der Waals surface area contributed by atoms with E-state index in [9.17, 15) is 18.4 Å². The van der Waals surface area contributed by atoms with Crippen LogP contribution < -0.4 is 22.2 Å². The highest BCUT2D eigenvalue weighted by Gasteiger charge is 2.57. The van der Waals surface area contributed by atoms with Crippen molar-refractivity contribution in [2.75, 3.05) is 17.2 Å². The number of hydrazine groups is 1. The molecule has 41 heavy (non-hydrogen) atoms. The third kappa shape index (κ3) is 6.11. The van der Waals surface area contributed by atoms with Crippen molar-refractivity contribution in [2.45, 2.75) is 58.5 Å². The van der Waals surface area contributed by atoms with E-state index in [4.69, 9.17) is 23.2 Å². The van der Waals surface area contributed by atoms with Crippen LogP contribution >= 0.6 is 11.6 Å². The van der Waals surface area contributed by atoms with Gasteiger partial charge in [0.25, 0.3) is 6.43 Å². The van der Waals surface area contributed by atoms with E-state index in [1.807, 2.05) is 20.8 Å². The largest absolute Gasteiger partial charge is 0.396 e. The molecule has 0 amide bonds. The van der Waals surface area contributed by atoms with Crippen molar-refractivity contribution in [3.05, 3.63) is 69.9 Å². The molecule has 3 aromatic rings. The molecule has 218 valence electrons. The van der Waals surface area contributed by atoms with E-state index in [0.29, 0.717) is 33.8 Å². The van der Waals surface area contributed by atoms with Crippen LogP contribution in [0.1, 0.15) is 56.5 Å². The molecular formula is C28H31ClF4N8. The predicted molar refractivity (Wildman–Crippen MR) is 151 cm³/mol. The van der Waals surface area contributed by atoms with E-state index in [1.54, 1.807) is 6.07 Å². The van der Waals surface area contributed by atoms with Crippen LogP contribution in [0.5, 0.6) is 0 Å². The van der Waals surface area contributed by atoms with Gasteiger partial charge in [-0.05, 0) is 43.4 Å². The van der Waals surface area contributed by atoms with Gasteiger partial charge in [0.05, 0.1) is 33.5 Å². The number of fused-ring (bicyclic) bond motifs is 1. The molecule has 2 heterocycles. The minimum atomic E-state index is -2.90. The summed E-state index contributed by atoms with van der Waals surface area (Å²) in [7, 11) is 0. The third-order valence-corrected chi connectivity index (χ3v) is 7.25. The van der Waals surface area contributed by atoms with Crippen LogP contribution in [-0.4, -0.2) is 33.5 Å². The fourth-order valence-electron chi connectivity index (χ4n) is 4.45. The van der Waals surface area contributed by atoms with Crippen molar-refractivity contribution in [3.63, 3.8) is 0 Å². The lowest BCUT2D eigenvalue weighted by Crippen LogP contribution is -2.47. The SMILES string of the molecule is Cc1nc(F)ccc1C(Nc1cc(Cl)c2ncc(C#N)c(NCC(C)(C)C)c2c1)/C(N)=C(\F)N(N)C1(C(F)F)CC1. The number of benzene rings is 1. The van der Waals surface area contributed by atoms with Crippen LogP contribution in [0.15, 0.2) is 42.1 Å². The zero-order valence-electron chi connectivity index (χ0n) is 23.0. The van der Waals surface area contributed by atoms with Crippen LogP contribution in [0, 0.1) is 29.6 Å². The fourth-order valence-corrected chi connectivity index (χ4v) is 4.72. The highest BCUT2D eigenvalue weighted by Crippen LogP contribution is 2.47. The summed E-state index contributed by atoms with van der Waals surface area (Å²) in [6, 6.07) is 6.55. The zero-order valence-corrected chi connectivity index (χ0v) is 23.8. The number of hydrogen-bond donors (Lipinski definition) is 4. The standard InChI is InChI=1S/C28H31ClF4N8/c1-14-17(5-6-20(30)39-14)24(21(35)25(31)41(36)28(7-8-28)26(32)33)40-16-9-18-22(38-13-27(2,3)4)15(11-34)12-37-23(18)19(29)10-16/h5-6,9-10,12,24,26,40H,7-8,13,35-36H2,1-4H3,(H,37,38)/b25-21-.